The second-order valence-corrected chi connectivity index (χ2v) is 12.7. The summed E-state index contributed by atoms with van der Waals surface area (Å²) >= 11 is 12.8. The van der Waals surface area contributed by atoms with Gasteiger partial charge in [0.05, 0.1) is 23.2 Å². The molecule has 3 aromatic rings. The number of aryl methyl sites for hydroxylation is 1. The van der Waals surface area contributed by atoms with Gasteiger partial charge >= 0.3 is 6.09 Å². The van der Waals surface area contributed by atoms with E-state index in [1.165, 1.54) is 18.2 Å². The van der Waals surface area contributed by atoms with E-state index in [4.69, 9.17) is 27.9 Å². The van der Waals surface area contributed by atoms with E-state index in [9.17, 15) is 29.1 Å². The Morgan fingerprint density at radius 3 is 2.50 bits per heavy atom. The van der Waals surface area contributed by atoms with Gasteiger partial charge in [-0.1, -0.05) is 48.2 Å². The van der Waals surface area contributed by atoms with E-state index < -0.39 is 46.5 Å². The van der Waals surface area contributed by atoms with E-state index >= 15 is 0 Å². The first kappa shape index (κ1) is 29.9. The largest absolute Gasteiger partial charge is 0.492 e. The fraction of sp³-hybridized carbons (Fsp3) is 0.333. The molecule has 0 aromatic heterocycles. The Morgan fingerprint density at radius 1 is 1.09 bits per heavy atom. The normalized spacial score (nSPS) is 23.8. The lowest BCUT2D eigenvalue weighted by molar-refractivity contribution is -0.132. The number of nitriles is 1. The molecule has 2 heterocycles. The van der Waals surface area contributed by atoms with Crippen molar-refractivity contribution in [3.63, 3.8) is 0 Å². The quantitative estimate of drug-likeness (QED) is 0.306. The number of benzene rings is 3. The summed E-state index contributed by atoms with van der Waals surface area (Å²) in [4.78, 5) is 41.6. The molecule has 3 atom stereocenters. The van der Waals surface area contributed by atoms with Crippen molar-refractivity contribution in [3.8, 4) is 11.8 Å². The van der Waals surface area contributed by atoms with Crippen LogP contribution in [0.5, 0.6) is 5.75 Å². The van der Waals surface area contributed by atoms with Gasteiger partial charge in [0, 0.05) is 27.9 Å². The van der Waals surface area contributed by atoms with Crippen molar-refractivity contribution in [1.82, 2.24) is 5.32 Å². The highest BCUT2D eigenvalue weighted by atomic mass is 35.5. The number of hydrogen-bond acceptors (Lipinski definition) is 5. The molecule has 11 heteroatoms. The third-order valence-corrected chi connectivity index (χ3v) is 9.77. The highest BCUT2D eigenvalue weighted by Gasteiger charge is 2.65. The minimum atomic E-state index is -1.77. The monoisotopic (exact) mass is 635 g/mol. The number of piperidine rings is 1. The predicted octanol–water partition coefficient (Wildman–Crippen LogP) is 7.21. The van der Waals surface area contributed by atoms with Crippen LogP contribution in [-0.4, -0.2) is 29.6 Å². The average Bonchev–Trinajstić information content (AvgIpc) is 3.56. The average molecular weight is 637 g/mol. The van der Waals surface area contributed by atoms with E-state index in [0.717, 1.165) is 12.8 Å². The lowest BCUT2D eigenvalue weighted by atomic mass is 9.59. The number of nitrogens with one attached hydrogen (secondary N) is 1. The van der Waals surface area contributed by atoms with Gasteiger partial charge in [-0.15, -0.1) is 0 Å². The van der Waals surface area contributed by atoms with Gasteiger partial charge in [0.1, 0.15) is 23.6 Å². The number of anilines is 1. The zero-order valence-corrected chi connectivity index (χ0v) is 25.2. The maximum Gasteiger partial charge on any atom is 0.418 e. The minimum Gasteiger partial charge on any atom is -0.492 e. The topological polar surface area (TPSA) is 120 Å². The van der Waals surface area contributed by atoms with Crippen LogP contribution in [-0.2, 0) is 15.0 Å². The lowest BCUT2D eigenvalue weighted by Crippen LogP contribution is -2.58. The van der Waals surface area contributed by atoms with Crippen molar-refractivity contribution in [2.75, 3.05) is 11.5 Å². The van der Waals surface area contributed by atoms with Crippen molar-refractivity contribution in [2.45, 2.75) is 56.4 Å². The SMILES string of the molecule is Cc1ccc(F)cc1[C@@H]1NC(=O)C[C@H](c2cc(Cl)ccc2OCC2(C#N)CCCC2)[C@@]12C(=O)N(C(=O)O)c1cc(Cl)ccc12. The van der Waals surface area contributed by atoms with Gasteiger partial charge in [0.25, 0.3) is 0 Å². The smallest absolute Gasteiger partial charge is 0.418 e. The van der Waals surface area contributed by atoms with Crippen LogP contribution < -0.4 is 15.0 Å². The van der Waals surface area contributed by atoms with E-state index in [0.29, 0.717) is 50.8 Å². The number of carbonyl (C=O) groups excluding carboxylic acids is 2. The van der Waals surface area contributed by atoms with Crippen LogP contribution in [0.1, 0.15) is 66.3 Å². The Hall–Kier alpha value is -4.13. The summed E-state index contributed by atoms with van der Waals surface area (Å²) < 4.78 is 21.1. The molecule has 2 N–H and O–H groups in total. The van der Waals surface area contributed by atoms with Gasteiger partial charge in [-0.05, 0) is 78.9 Å². The highest BCUT2D eigenvalue weighted by Crippen LogP contribution is 2.60. The number of carboxylic acid groups (broad SMARTS) is 1. The molecular weight excluding hydrogens is 608 g/mol. The molecule has 44 heavy (non-hydrogen) atoms. The van der Waals surface area contributed by atoms with Crippen molar-refractivity contribution in [1.29, 1.82) is 5.26 Å². The third-order valence-electron chi connectivity index (χ3n) is 9.30. The zero-order valence-electron chi connectivity index (χ0n) is 23.7. The van der Waals surface area contributed by atoms with Crippen molar-refractivity contribution in [2.24, 2.45) is 5.41 Å². The van der Waals surface area contributed by atoms with Crippen LogP contribution in [0, 0.1) is 29.5 Å². The van der Waals surface area contributed by atoms with Gasteiger partial charge in [0.15, 0.2) is 0 Å². The maximum atomic E-state index is 14.8. The molecule has 3 amide bonds. The molecule has 0 radical (unpaired) electrons. The standard InChI is InChI=1S/C33H28Cl2FN3O5/c1-18-4-7-21(36)14-22(18)29-33(24-8-5-20(35)13-26(24)39(30(33)41)31(42)43)25(15-28(40)38-29)23-12-19(34)6-9-27(23)44-17-32(16-37)10-2-3-11-32/h4-9,12-14,25,29H,2-3,10-11,15,17H2,1H3,(H,38,40)(H,42,43)/t25-,29+,33-/m1/s1. The summed E-state index contributed by atoms with van der Waals surface area (Å²) in [6.07, 6.45) is 1.42. The molecular formula is C33H28Cl2FN3O5. The van der Waals surface area contributed by atoms with Crippen LogP contribution in [0.15, 0.2) is 54.6 Å². The Kier molecular flexibility index (Phi) is 7.55. The van der Waals surface area contributed by atoms with Crippen molar-refractivity contribution < 1.29 is 28.6 Å². The Morgan fingerprint density at radius 2 is 1.80 bits per heavy atom. The third kappa shape index (κ3) is 4.68. The number of nitrogens with zero attached hydrogens (tertiary/aromatic N) is 2. The molecule has 3 aliphatic rings. The fourth-order valence-electron chi connectivity index (χ4n) is 7.22. The molecule has 226 valence electrons. The summed E-state index contributed by atoms with van der Waals surface area (Å²) in [5.74, 6) is -2.52. The second kappa shape index (κ2) is 11.1. The first-order chi connectivity index (χ1) is 21.0. The Balaban J connectivity index is 1.62. The molecule has 0 bridgehead atoms. The number of carbonyl (C=O) groups is 3. The van der Waals surface area contributed by atoms with Gasteiger partial charge in [0.2, 0.25) is 11.8 Å². The molecule has 2 fully saturated rings. The number of imide groups is 1. The van der Waals surface area contributed by atoms with E-state index in [1.54, 1.807) is 43.3 Å². The zero-order chi connectivity index (χ0) is 31.4. The molecule has 1 saturated carbocycles. The van der Waals surface area contributed by atoms with Gasteiger partial charge in [-0.25, -0.2) is 14.1 Å². The molecule has 2 aliphatic heterocycles. The molecule has 1 saturated heterocycles. The van der Waals surface area contributed by atoms with Crippen molar-refractivity contribution >= 4 is 46.8 Å². The first-order valence-corrected chi connectivity index (χ1v) is 15.0. The lowest BCUT2D eigenvalue weighted by Gasteiger charge is -2.47. The number of rotatable bonds is 5. The van der Waals surface area contributed by atoms with Gasteiger partial charge in [-0.2, -0.15) is 5.26 Å². The maximum absolute atomic E-state index is 14.8. The number of hydrogen-bond donors (Lipinski definition) is 2. The van der Waals surface area contributed by atoms with Gasteiger partial charge in [-0.3, -0.25) is 9.59 Å². The van der Waals surface area contributed by atoms with E-state index in [2.05, 4.69) is 11.4 Å². The van der Waals surface area contributed by atoms with Gasteiger partial charge < -0.3 is 15.2 Å². The summed E-state index contributed by atoms with van der Waals surface area (Å²) in [7, 11) is 0. The Labute approximate surface area is 263 Å². The van der Waals surface area contributed by atoms with Crippen LogP contribution in [0.25, 0.3) is 0 Å². The molecule has 6 rings (SSSR count). The number of ether oxygens (including phenoxy) is 1. The second-order valence-electron chi connectivity index (χ2n) is 11.8. The molecule has 8 nitrogen and oxygen atoms in total. The molecule has 1 aliphatic carbocycles. The summed E-state index contributed by atoms with van der Waals surface area (Å²) in [5.41, 5.74) is -0.770. The Bertz CT molecular complexity index is 1750. The summed E-state index contributed by atoms with van der Waals surface area (Å²) in [6, 6.07) is 14.7. The first-order valence-electron chi connectivity index (χ1n) is 14.3. The number of fused-ring (bicyclic) bond motifs is 2. The van der Waals surface area contributed by atoms with Crippen LogP contribution in [0.4, 0.5) is 14.9 Å². The molecule has 3 aromatic carbocycles. The molecule has 1 spiro atoms. The molecule has 0 unspecified atom stereocenters. The van der Waals surface area contributed by atoms with Crippen molar-refractivity contribution in [3.05, 3.63) is 92.7 Å². The number of amides is 3. The number of halogens is 3. The van der Waals surface area contributed by atoms with Crippen LogP contribution >= 0.6 is 23.2 Å². The highest BCUT2D eigenvalue weighted by molar-refractivity contribution is 6.32. The minimum absolute atomic E-state index is 0.0501. The predicted molar refractivity (Wildman–Crippen MR) is 161 cm³/mol. The fourth-order valence-corrected chi connectivity index (χ4v) is 7.56. The van der Waals surface area contributed by atoms with E-state index in [1.807, 2.05) is 0 Å². The summed E-state index contributed by atoms with van der Waals surface area (Å²) in [6.45, 7) is 1.82. The van der Waals surface area contributed by atoms with Crippen LogP contribution in [0.2, 0.25) is 10.0 Å². The van der Waals surface area contributed by atoms with Crippen LogP contribution in [0.3, 0.4) is 0 Å². The summed E-state index contributed by atoms with van der Waals surface area (Å²) in [5, 5.41) is 23.7. The van der Waals surface area contributed by atoms with E-state index in [-0.39, 0.29) is 23.7 Å².